The van der Waals surface area contributed by atoms with Gasteiger partial charge in [0.25, 0.3) is 5.91 Å². The van der Waals surface area contributed by atoms with Gasteiger partial charge in [-0.15, -0.1) is 0 Å². The van der Waals surface area contributed by atoms with E-state index in [-0.39, 0.29) is 5.91 Å². The van der Waals surface area contributed by atoms with Crippen LogP contribution in [0, 0.1) is 0 Å². The molecule has 1 unspecified atom stereocenters. The molecule has 3 rings (SSSR count). The Labute approximate surface area is 185 Å². The molecule has 0 spiro atoms. The average molecular weight is 418 g/mol. The summed E-state index contributed by atoms with van der Waals surface area (Å²) in [6.45, 7) is 6.69. The second kappa shape index (κ2) is 11.2. The lowest BCUT2D eigenvalue weighted by molar-refractivity contribution is -0.122. The fourth-order valence-electron chi connectivity index (χ4n) is 3.18. The molecular formula is C27H31NO3. The third-order valence-corrected chi connectivity index (χ3v) is 5.07. The van der Waals surface area contributed by atoms with E-state index in [0.717, 1.165) is 18.6 Å². The normalized spacial score (nSPS) is 11.7. The third-order valence-electron chi connectivity index (χ3n) is 5.07. The maximum atomic E-state index is 12.5. The van der Waals surface area contributed by atoms with Crippen molar-refractivity contribution in [3.63, 3.8) is 0 Å². The molecule has 0 heterocycles. The Balaban J connectivity index is 1.42. The van der Waals surface area contributed by atoms with Crippen LogP contribution >= 0.6 is 0 Å². The molecule has 4 nitrogen and oxygen atoms in total. The molecule has 1 amide bonds. The van der Waals surface area contributed by atoms with E-state index in [0.29, 0.717) is 24.0 Å². The van der Waals surface area contributed by atoms with Crippen LogP contribution in [0.3, 0.4) is 0 Å². The summed E-state index contributed by atoms with van der Waals surface area (Å²) < 4.78 is 11.6. The van der Waals surface area contributed by atoms with Crippen LogP contribution in [0.25, 0.3) is 0 Å². The number of rotatable bonds is 10. The standard InChI is InChI=1S/C27H31NO3/c1-20(2)23-11-15-26(16-12-23)31-21(3)27(29)28-24-13-17-25(18-14-24)30-19-7-10-22-8-5-4-6-9-22/h4-6,8-9,11-18,20-21H,7,10,19H2,1-3H3,(H,28,29). The number of nitrogens with one attached hydrogen (secondary N) is 1. The molecule has 0 fully saturated rings. The van der Waals surface area contributed by atoms with Crippen LogP contribution in [0.4, 0.5) is 5.69 Å². The van der Waals surface area contributed by atoms with E-state index >= 15 is 0 Å². The highest BCUT2D eigenvalue weighted by molar-refractivity contribution is 5.94. The summed E-state index contributed by atoms with van der Waals surface area (Å²) in [6, 6.07) is 25.7. The first kappa shape index (κ1) is 22.4. The first-order valence-corrected chi connectivity index (χ1v) is 10.9. The molecule has 4 heteroatoms. The lowest BCUT2D eigenvalue weighted by atomic mass is 10.0. The van der Waals surface area contributed by atoms with Crippen LogP contribution in [0.2, 0.25) is 0 Å². The number of carbonyl (C=O) groups excluding carboxylic acids is 1. The summed E-state index contributed by atoms with van der Waals surface area (Å²) in [5, 5.41) is 2.89. The van der Waals surface area contributed by atoms with Crippen LogP contribution in [0.1, 0.15) is 44.2 Å². The number of benzene rings is 3. The van der Waals surface area contributed by atoms with Gasteiger partial charge in [0, 0.05) is 5.69 Å². The number of anilines is 1. The van der Waals surface area contributed by atoms with Gasteiger partial charge in [0.15, 0.2) is 6.10 Å². The summed E-state index contributed by atoms with van der Waals surface area (Å²) in [5.74, 6) is 1.75. The van der Waals surface area contributed by atoms with Gasteiger partial charge in [-0.25, -0.2) is 0 Å². The van der Waals surface area contributed by atoms with Crippen molar-refractivity contribution in [3.05, 3.63) is 90.0 Å². The highest BCUT2D eigenvalue weighted by Crippen LogP contribution is 2.20. The quantitative estimate of drug-likeness (QED) is 0.398. The smallest absolute Gasteiger partial charge is 0.265 e. The highest BCUT2D eigenvalue weighted by atomic mass is 16.5. The monoisotopic (exact) mass is 417 g/mol. The van der Waals surface area contributed by atoms with Gasteiger partial charge in [-0.2, -0.15) is 0 Å². The number of hydrogen-bond acceptors (Lipinski definition) is 3. The van der Waals surface area contributed by atoms with E-state index in [1.807, 2.05) is 54.6 Å². The molecule has 0 radical (unpaired) electrons. The van der Waals surface area contributed by atoms with Crippen LogP contribution in [0.15, 0.2) is 78.9 Å². The predicted molar refractivity (Wildman–Crippen MR) is 126 cm³/mol. The van der Waals surface area contributed by atoms with Gasteiger partial charge >= 0.3 is 0 Å². The molecule has 0 aliphatic rings. The first-order chi connectivity index (χ1) is 15.0. The number of aryl methyl sites for hydroxylation is 1. The molecule has 1 atom stereocenters. The van der Waals surface area contributed by atoms with Crippen molar-refractivity contribution in [1.82, 2.24) is 0 Å². The Morgan fingerprint density at radius 1 is 0.839 bits per heavy atom. The Hall–Kier alpha value is -3.27. The predicted octanol–water partition coefficient (Wildman–Crippen LogP) is 6.23. The van der Waals surface area contributed by atoms with Crippen molar-refractivity contribution >= 4 is 11.6 Å². The van der Waals surface area contributed by atoms with Crippen molar-refractivity contribution < 1.29 is 14.3 Å². The topological polar surface area (TPSA) is 47.6 Å². The minimum absolute atomic E-state index is 0.190. The Morgan fingerprint density at radius 2 is 1.48 bits per heavy atom. The Bertz CT molecular complexity index is 934. The zero-order valence-electron chi connectivity index (χ0n) is 18.5. The van der Waals surface area contributed by atoms with Crippen molar-refractivity contribution in [2.24, 2.45) is 0 Å². The second-order valence-corrected chi connectivity index (χ2v) is 7.94. The van der Waals surface area contributed by atoms with E-state index in [4.69, 9.17) is 9.47 Å². The number of ether oxygens (including phenoxy) is 2. The molecule has 0 saturated heterocycles. The molecule has 0 aliphatic carbocycles. The molecule has 3 aromatic rings. The van der Waals surface area contributed by atoms with Crippen LogP contribution in [-0.2, 0) is 11.2 Å². The SMILES string of the molecule is CC(Oc1ccc(C(C)C)cc1)C(=O)Nc1ccc(OCCCc2ccccc2)cc1. The summed E-state index contributed by atoms with van der Waals surface area (Å²) in [5.41, 5.74) is 3.27. The van der Waals surface area contributed by atoms with Crippen molar-refractivity contribution in [2.75, 3.05) is 11.9 Å². The molecule has 31 heavy (non-hydrogen) atoms. The van der Waals surface area contributed by atoms with Gasteiger partial charge in [-0.1, -0.05) is 56.3 Å². The summed E-state index contributed by atoms with van der Waals surface area (Å²) >= 11 is 0. The van der Waals surface area contributed by atoms with E-state index in [2.05, 4.69) is 43.4 Å². The van der Waals surface area contributed by atoms with Crippen LogP contribution < -0.4 is 14.8 Å². The van der Waals surface area contributed by atoms with E-state index in [1.165, 1.54) is 11.1 Å². The highest BCUT2D eigenvalue weighted by Gasteiger charge is 2.15. The summed E-state index contributed by atoms with van der Waals surface area (Å²) in [4.78, 5) is 12.5. The van der Waals surface area contributed by atoms with E-state index < -0.39 is 6.10 Å². The lowest BCUT2D eigenvalue weighted by Crippen LogP contribution is -2.30. The summed E-state index contributed by atoms with van der Waals surface area (Å²) in [6.07, 6.45) is 1.35. The number of amides is 1. The van der Waals surface area contributed by atoms with Gasteiger partial charge in [-0.3, -0.25) is 4.79 Å². The first-order valence-electron chi connectivity index (χ1n) is 10.9. The van der Waals surface area contributed by atoms with Crippen molar-refractivity contribution in [2.45, 2.75) is 45.6 Å². The van der Waals surface area contributed by atoms with Gasteiger partial charge in [0.1, 0.15) is 11.5 Å². The minimum atomic E-state index is -0.598. The third kappa shape index (κ3) is 7.18. The lowest BCUT2D eigenvalue weighted by Gasteiger charge is -2.16. The molecule has 0 aromatic heterocycles. The molecule has 0 aliphatic heterocycles. The zero-order valence-corrected chi connectivity index (χ0v) is 18.5. The molecule has 0 bridgehead atoms. The van der Waals surface area contributed by atoms with Gasteiger partial charge < -0.3 is 14.8 Å². The second-order valence-electron chi connectivity index (χ2n) is 7.94. The largest absolute Gasteiger partial charge is 0.494 e. The zero-order chi connectivity index (χ0) is 22.1. The fraction of sp³-hybridized carbons (Fsp3) is 0.296. The van der Waals surface area contributed by atoms with E-state index in [9.17, 15) is 4.79 Å². The molecule has 162 valence electrons. The van der Waals surface area contributed by atoms with Crippen molar-refractivity contribution in [3.8, 4) is 11.5 Å². The fourth-order valence-corrected chi connectivity index (χ4v) is 3.18. The van der Waals surface area contributed by atoms with E-state index in [1.54, 1.807) is 6.92 Å². The van der Waals surface area contributed by atoms with Crippen LogP contribution in [0.5, 0.6) is 11.5 Å². The van der Waals surface area contributed by atoms with Crippen molar-refractivity contribution in [1.29, 1.82) is 0 Å². The number of hydrogen-bond donors (Lipinski definition) is 1. The molecule has 0 saturated carbocycles. The van der Waals surface area contributed by atoms with Gasteiger partial charge in [0.2, 0.25) is 0 Å². The molecular weight excluding hydrogens is 386 g/mol. The summed E-state index contributed by atoms with van der Waals surface area (Å²) in [7, 11) is 0. The van der Waals surface area contributed by atoms with Crippen LogP contribution in [-0.4, -0.2) is 18.6 Å². The van der Waals surface area contributed by atoms with Gasteiger partial charge in [-0.05, 0) is 73.2 Å². The molecule has 1 N–H and O–H groups in total. The number of carbonyl (C=O) groups is 1. The maximum absolute atomic E-state index is 12.5. The minimum Gasteiger partial charge on any atom is -0.494 e. The average Bonchev–Trinajstić information content (AvgIpc) is 2.79. The van der Waals surface area contributed by atoms with Gasteiger partial charge in [0.05, 0.1) is 6.61 Å². The maximum Gasteiger partial charge on any atom is 0.265 e. The Kier molecular flexibility index (Phi) is 8.11. The molecule has 3 aromatic carbocycles. The Morgan fingerprint density at radius 3 is 2.13 bits per heavy atom.